The van der Waals surface area contributed by atoms with Crippen molar-refractivity contribution in [3.63, 3.8) is 0 Å². The lowest BCUT2D eigenvalue weighted by atomic mass is 9.97. The molecule has 2 aliphatic heterocycles. The van der Waals surface area contributed by atoms with Crippen molar-refractivity contribution in [1.29, 1.82) is 0 Å². The minimum atomic E-state index is -0.534. The monoisotopic (exact) mass is 292 g/mol. The van der Waals surface area contributed by atoms with Crippen molar-refractivity contribution in [2.45, 2.75) is 25.0 Å². The van der Waals surface area contributed by atoms with E-state index in [1.807, 2.05) is 24.3 Å². The van der Waals surface area contributed by atoms with Crippen LogP contribution < -0.4 is 15.2 Å². The van der Waals surface area contributed by atoms with Crippen LogP contribution in [0.4, 0.5) is 0 Å². The van der Waals surface area contributed by atoms with Crippen molar-refractivity contribution < 1.29 is 14.6 Å². The predicted molar refractivity (Wildman–Crippen MR) is 80.6 cm³/mol. The van der Waals surface area contributed by atoms with Gasteiger partial charge in [-0.3, -0.25) is 0 Å². The smallest absolute Gasteiger partial charge is 0.161 e. The Morgan fingerprint density at radius 2 is 1.95 bits per heavy atom. The Kier molecular flexibility index (Phi) is 4.63. The van der Waals surface area contributed by atoms with Gasteiger partial charge in [-0.15, -0.1) is 0 Å². The second-order valence-electron chi connectivity index (χ2n) is 5.96. The number of hydrogen-bond donors (Lipinski definition) is 2. The number of aliphatic hydroxyl groups is 1. The van der Waals surface area contributed by atoms with E-state index in [1.54, 1.807) is 0 Å². The summed E-state index contributed by atoms with van der Waals surface area (Å²) in [6.45, 7) is 3.81. The van der Waals surface area contributed by atoms with Crippen LogP contribution in [0.2, 0.25) is 0 Å². The van der Waals surface area contributed by atoms with Gasteiger partial charge in [0.15, 0.2) is 17.6 Å². The number of nitrogens with two attached hydrogens (primary N) is 1. The Bertz CT molecular complexity index is 461. The van der Waals surface area contributed by atoms with Gasteiger partial charge in [-0.05, 0) is 50.5 Å². The standard InChI is InChI=1S/C16H24N2O3/c17-9-12-5-7-18(8-6-12)10-13(19)16-11-20-14-3-1-2-4-15(14)21-16/h1-4,12-13,16,19H,5-11,17H2. The highest BCUT2D eigenvalue weighted by Crippen LogP contribution is 2.31. The van der Waals surface area contributed by atoms with Crippen molar-refractivity contribution in [2.24, 2.45) is 11.7 Å². The molecule has 3 N–H and O–H groups in total. The molecule has 21 heavy (non-hydrogen) atoms. The first kappa shape index (κ1) is 14.6. The molecule has 1 aromatic carbocycles. The molecular formula is C16H24N2O3. The van der Waals surface area contributed by atoms with Gasteiger partial charge in [0.05, 0.1) is 0 Å². The number of β-amino-alcohol motifs (C(OH)–C–C–N with tert-alkyl or cyclic N) is 1. The van der Waals surface area contributed by atoms with E-state index in [4.69, 9.17) is 15.2 Å². The van der Waals surface area contributed by atoms with Gasteiger partial charge in [-0.25, -0.2) is 0 Å². The van der Waals surface area contributed by atoms with Gasteiger partial charge in [-0.1, -0.05) is 12.1 Å². The summed E-state index contributed by atoms with van der Waals surface area (Å²) in [5, 5.41) is 10.4. The van der Waals surface area contributed by atoms with Gasteiger partial charge in [0.2, 0.25) is 0 Å². The fourth-order valence-corrected chi connectivity index (χ4v) is 3.01. The lowest BCUT2D eigenvalue weighted by Crippen LogP contribution is -2.48. The third-order valence-corrected chi connectivity index (χ3v) is 4.45. The molecule has 2 aliphatic rings. The summed E-state index contributed by atoms with van der Waals surface area (Å²) in [6.07, 6.45) is 1.40. The molecule has 1 saturated heterocycles. The van der Waals surface area contributed by atoms with Gasteiger partial charge in [0, 0.05) is 6.54 Å². The van der Waals surface area contributed by atoms with Gasteiger partial charge in [-0.2, -0.15) is 0 Å². The van der Waals surface area contributed by atoms with Crippen molar-refractivity contribution in [3.8, 4) is 11.5 Å². The summed E-state index contributed by atoms with van der Waals surface area (Å²) in [5.74, 6) is 2.11. The number of hydrogen-bond acceptors (Lipinski definition) is 5. The van der Waals surface area contributed by atoms with Crippen LogP contribution in [-0.4, -0.2) is 55.0 Å². The molecule has 0 aliphatic carbocycles. The van der Waals surface area contributed by atoms with Gasteiger partial charge in [0.25, 0.3) is 0 Å². The maximum absolute atomic E-state index is 10.4. The third kappa shape index (κ3) is 3.48. The van der Waals surface area contributed by atoms with Crippen molar-refractivity contribution >= 4 is 0 Å². The number of aliphatic hydroxyl groups excluding tert-OH is 1. The van der Waals surface area contributed by atoms with E-state index in [9.17, 15) is 5.11 Å². The zero-order chi connectivity index (χ0) is 14.7. The highest BCUT2D eigenvalue weighted by atomic mass is 16.6. The van der Waals surface area contributed by atoms with E-state index >= 15 is 0 Å². The third-order valence-electron chi connectivity index (χ3n) is 4.45. The number of likely N-dealkylation sites (tertiary alicyclic amines) is 1. The molecule has 2 heterocycles. The van der Waals surface area contributed by atoms with E-state index in [0.29, 0.717) is 19.1 Å². The summed E-state index contributed by atoms with van der Waals surface area (Å²) in [7, 11) is 0. The van der Waals surface area contributed by atoms with E-state index in [0.717, 1.165) is 44.0 Å². The first-order chi connectivity index (χ1) is 10.3. The van der Waals surface area contributed by atoms with Crippen LogP contribution in [0.5, 0.6) is 11.5 Å². The summed E-state index contributed by atoms with van der Waals surface area (Å²) in [4.78, 5) is 2.29. The van der Waals surface area contributed by atoms with Crippen LogP contribution in [0.25, 0.3) is 0 Å². The molecular weight excluding hydrogens is 268 g/mol. The van der Waals surface area contributed by atoms with Crippen LogP contribution in [-0.2, 0) is 0 Å². The van der Waals surface area contributed by atoms with Crippen LogP contribution >= 0.6 is 0 Å². The second-order valence-corrected chi connectivity index (χ2v) is 5.96. The SMILES string of the molecule is NCC1CCN(CC(O)C2COc3ccccc3O2)CC1. The van der Waals surface area contributed by atoms with Crippen LogP contribution in [0.3, 0.4) is 0 Å². The van der Waals surface area contributed by atoms with Crippen LogP contribution in [0.15, 0.2) is 24.3 Å². The Hall–Kier alpha value is -1.30. The molecule has 116 valence electrons. The van der Waals surface area contributed by atoms with Crippen LogP contribution in [0.1, 0.15) is 12.8 Å². The summed E-state index contributed by atoms with van der Waals surface area (Å²) < 4.78 is 11.5. The largest absolute Gasteiger partial charge is 0.486 e. The molecule has 5 nitrogen and oxygen atoms in total. The lowest BCUT2D eigenvalue weighted by Gasteiger charge is -2.35. The number of nitrogens with zero attached hydrogens (tertiary/aromatic N) is 1. The maximum Gasteiger partial charge on any atom is 0.161 e. The Labute approximate surface area is 125 Å². The topological polar surface area (TPSA) is 68.0 Å². The summed E-state index contributed by atoms with van der Waals surface area (Å²) >= 11 is 0. The molecule has 0 saturated carbocycles. The van der Waals surface area contributed by atoms with E-state index in [1.165, 1.54) is 0 Å². The predicted octanol–water partition coefficient (Wildman–Crippen LogP) is 0.858. The number of rotatable bonds is 4. The quantitative estimate of drug-likeness (QED) is 0.861. The first-order valence-corrected chi connectivity index (χ1v) is 7.75. The lowest BCUT2D eigenvalue weighted by molar-refractivity contribution is -0.0290. The average molecular weight is 292 g/mol. The zero-order valence-corrected chi connectivity index (χ0v) is 12.3. The Morgan fingerprint density at radius 1 is 1.24 bits per heavy atom. The molecule has 0 radical (unpaired) electrons. The van der Waals surface area contributed by atoms with Crippen molar-refractivity contribution in [3.05, 3.63) is 24.3 Å². The molecule has 2 atom stereocenters. The molecule has 2 unspecified atom stereocenters. The maximum atomic E-state index is 10.4. The minimum absolute atomic E-state index is 0.299. The first-order valence-electron chi connectivity index (χ1n) is 7.75. The van der Waals surface area contributed by atoms with Crippen LogP contribution in [0, 0.1) is 5.92 Å². The zero-order valence-electron chi connectivity index (χ0n) is 12.3. The molecule has 5 heteroatoms. The summed E-state index contributed by atoms with van der Waals surface area (Å²) in [6, 6.07) is 7.59. The molecule has 0 aromatic heterocycles. The highest BCUT2D eigenvalue weighted by molar-refractivity contribution is 5.40. The van der Waals surface area contributed by atoms with Gasteiger partial charge < -0.3 is 25.2 Å². The number of benzene rings is 1. The Morgan fingerprint density at radius 3 is 2.67 bits per heavy atom. The number of fused-ring (bicyclic) bond motifs is 1. The molecule has 0 bridgehead atoms. The summed E-state index contributed by atoms with van der Waals surface area (Å²) in [5.41, 5.74) is 5.71. The van der Waals surface area contributed by atoms with Gasteiger partial charge >= 0.3 is 0 Å². The number of para-hydroxylation sites is 2. The molecule has 0 spiro atoms. The second kappa shape index (κ2) is 6.64. The molecule has 1 aromatic rings. The van der Waals surface area contributed by atoms with Crippen molar-refractivity contribution in [2.75, 3.05) is 32.8 Å². The molecule has 1 fully saturated rings. The normalized spacial score (nSPS) is 24.8. The van der Waals surface area contributed by atoms with E-state index in [-0.39, 0.29) is 6.10 Å². The molecule has 0 amide bonds. The Balaban J connectivity index is 1.51. The van der Waals surface area contributed by atoms with Crippen molar-refractivity contribution in [1.82, 2.24) is 4.90 Å². The number of piperidine rings is 1. The van der Waals surface area contributed by atoms with Gasteiger partial charge in [0.1, 0.15) is 12.7 Å². The molecule has 3 rings (SSSR count). The minimum Gasteiger partial charge on any atom is -0.486 e. The van der Waals surface area contributed by atoms with E-state index < -0.39 is 6.10 Å². The number of ether oxygens (including phenoxy) is 2. The average Bonchev–Trinajstić information content (AvgIpc) is 2.55. The fraction of sp³-hybridized carbons (Fsp3) is 0.625. The highest BCUT2D eigenvalue weighted by Gasteiger charge is 2.30. The van der Waals surface area contributed by atoms with E-state index in [2.05, 4.69) is 4.90 Å². The fourth-order valence-electron chi connectivity index (χ4n) is 3.01.